The molecule has 3 heteroatoms. The second-order valence-corrected chi connectivity index (χ2v) is 4.93. The van der Waals surface area contributed by atoms with E-state index in [2.05, 4.69) is 38.2 Å². The van der Waals surface area contributed by atoms with Crippen LogP contribution in [0.25, 0.3) is 0 Å². The highest BCUT2D eigenvalue weighted by Gasteiger charge is 2.02. The average Bonchev–Trinajstić information content (AvgIpc) is 2.71. The van der Waals surface area contributed by atoms with Crippen molar-refractivity contribution in [2.75, 3.05) is 6.54 Å². The molecule has 1 rings (SSSR count). The molecule has 1 heterocycles. The van der Waals surface area contributed by atoms with Crippen molar-refractivity contribution in [1.82, 2.24) is 5.32 Å². The lowest BCUT2D eigenvalue weighted by atomic mass is 10.3. The minimum absolute atomic E-state index is 0.365. The van der Waals surface area contributed by atoms with E-state index < -0.39 is 0 Å². The van der Waals surface area contributed by atoms with Crippen molar-refractivity contribution in [2.45, 2.75) is 46.4 Å². The monoisotopic (exact) mass is 227 g/mol. The molecule has 0 spiro atoms. The second-order valence-electron chi connectivity index (χ2n) is 3.68. The van der Waals surface area contributed by atoms with E-state index in [1.165, 1.54) is 9.75 Å². The van der Waals surface area contributed by atoms with Crippen molar-refractivity contribution in [2.24, 2.45) is 0 Å². The fourth-order valence-electron chi connectivity index (χ4n) is 1.19. The Bertz CT molecular complexity index is 272. The van der Waals surface area contributed by atoms with Gasteiger partial charge in [-0.05, 0) is 32.0 Å². The molecule has 1 aromatic rings. The van der Waals surface area contributed by atoms with E-state index in [0.717, 1.165) is 26.1 Å². The van der Waals surface area contributed by atoms with Gasteiger partial charge in [0.2, 0.25) is 0 Å². The highest BCUT2D eigenvalue weighted by Crippen LogP contribution is 2.18. The van der Waals surface area contributed by atoms with Crippen molar-refractivity contribution in [3.8, 4) is 0 Å². The van der Waals surface area contributed by atoms with Gasteiger partial charge in [0.15, 0.2) is 0 Å². The van der Waals surface area contributed by atoms with Gasteiger partial charge in [0.05, 0.1) is 12.7 Å². The lowest BCUT2D eigenvalue weighted by Gasteiger charge is -2.08. The lowest BCUT2D eigenvalue weighted by molar-refractivity contribution is 0.0525. The molecule has 0 saturated heterocycles. The minimum atomic E-state index is 0.365. The summed E-state index contributed by atoms with van der Waals surface area (Å²) in [7, 11) is 0. The van der Waals surface area contributed by atoms with Crippen LogP contribution in [0.15, 0.2) is 12.1 Å². The van der Waals surface area contributed by atoms with Crippen LogP contribution < -0.4 is 5.32 Å². The molecule has 0 bridgehead atoms. The molecule has 1 atom stereocenters. The van der Waals surface area contributed by atoms with Gasteiger partial charge >= 0.3 is 0 Å². The molecule has 0 fully saturated rings. The number of hydrogen-bond acceptors (Lipinski definition) is 3. The SMILES string of the molecule is CCNCc1ccc(COC(C)CC)s1. The smallest absolute Gasteiger partial charge is 0.0813 e. The third kappa shape index (κ3) is 4.78. The van der Waals surface area contributed by atoms with Crippen molar-refractivity contribution in [3.63, 3.8) is 0 Å². The molecule has 1 unspecified atom stereocenters. The summed E-state index contributed by atoms with van der Waals surface area (Å²) in [6.07, 6.45) is 1.44. The summed E-state index contributed by atoms with van der Waals surface area (Å²) < 4.78 is 5.68. The largest absolute Gasteiger partial charge is 0.373 e. The third-order valence-electron chi connectivity index (χ3n) is 2.35. The Balaban J connectivity index is 2.32. The van der Waals surface area contributed by atoms with E-state index in [4.69, 9.17) is 4.74 Å². The summed E-state index contributed by atoms with van der Waals surface area (Å²) in [5, 5.41) is 3.32. The number of nitrogens with one attached hydrogen (secondary N) is 1. The molecule has 0 aliphatic rings. The lowest BCUT2D eigenvalue weighted by Crippen LogP contribution is -2.10. The maximum absolute atomic E-state index is 5.68. The van der Waals surface area contributed by atoms with Gasteiger partial charge in [0, 0.05) is 16.3 Å². The molecule has 15 heavy (non-hydrogen) atoms. The summed E-state index contributed by atoms with van der Waals surface area (Å²) in [6, 6.07) is 4.35. The van der Waals surface area contributed by atoms with E-state index in [1.807, 2.05) is 11.3 Å². The number of ether oxygens (including phenoxy) is 1. The quantitative estimate of drug-likeness (QED) is 0.772. The van der Waals surface area contributed by atoms with Crippen LogP contribution in [0.4, 0.5) is 0 Å². The van der Waals surface area contributed by atoms with Crippen molar-refractivity contribution >= 4 is 11.3 Å². The first-order chi connectivity index (χ1) is 7.26. The maximum Gasteiger partial charge on any atom is 0.0813 e. The van der Waals surface area contributed by atoms with Gasteiger partial charge in [-0.1, -0.05) is 13.8 Å². The predicted octanol–water partition coefficient (Wildman–Crippen LogP) is 3.17. The summed E-state index contributed by atoms with van der Waals surface area (Å²) in [6.45, 7) is 9.15. The molecule has 86 valence electrons. The fourth-order valence-corrected chi connectivity index (χ4v) is 2.10. The molecule has 0 saturated carbocycles. The van der Waals surface area contributed by atoms with E-state index >= 15 is 0 Å². The third-order valence-corrected chi connectivity index (χ3v) is 3.41. The van der Waals surface area contributed by atoms with Gasteiger partial charge in [0.1, 0.15) is 0 Å². The predicted molar refractivity (Wildman–Crippen MR) is 66.2 cm³/mol. The van der Waals surface area contributed by atoms with Crippen LogP contribution in [0.3, 0.4) is 0 Å². The van der Waals surface area contributed by atoms with E-state index in [0.29, 0.717) is 6.10 Å². The minimum Gasteiger partial charge on any atom is -0.373 e. The van der Waals surface area contributed by atoms with Crippen LogP contribution in [0, 0.1) is 0 Å². The Kier molecular flexibility index (Phi) is 5.91. The zero-order chi connectivity index (χ0) is 11.1. The Morgan fingerprint density at radius 1 is 1.33 bits per heavy atom. The van der Waals surface area contributed by atoms with Crippen LogP contribution in [0.1, 0.15) is 36.9 Å². The average molecular weight is 227 g/mol. The molecule has 1 aromatic heterocycles. The topological polar surface area (TPSA) is 21.3 Å². The molecule has 0 radical (unpaired) electrons. The van der Waals surface area contributed by atoms with Crippen LogP contribution in [0.5, 0.6) is 0 Å². The summed E-state index contributed by atoms with van der Waals surface area (Å²) in [4.78, 5) is 2.71. The number of rotatable bonds is 7. The second kappa shape index (κ2) is 6.99. The van der Waals surface area contributed by atoms with Gasteiger partial charge in [-0.3, -0.25) is 0 Å². The van der Waals surface area contributed by atoms with Crippen LogP contribution in [-0.2, 0) is 17.9 Å². The first-order valence-corrected chi connectivity index (χ1v) is 6.47. The zero-order valence-electron chi connectivity index (χ0n) is 9.88. The molecule has 0 aromatic carbocycles. The van der Waals surface area contributed by atoms with Gasteiger partial charge < -0.3 is 10.1 Å². The summed E-state index contributed by atoms with van der Waals surface area (Å²) >= 11 is 1.84. The van der Waals surface area contributed by atoms with Crippen LogP contribution in [-0.4, -0.2) is 12.6 Å². The molecular formula is C12H21NOS. The van der Waals surface area contributed by atoms with Gasteiger partial charge in [-0.2, -0.15) is 0 Å². The van der Waals surface area contributed by atoms with E-state index in [1.54, 1.807) is 0 Å². The first-order valence-electron chi connectivity index (χ1n) is 5.66. The Hall–Kier alpha value is -0.380. The van der Waals surface area contributed by atoms with E-state index in [-0.39, 0.29) is 0 Å². The number of thiophene rings is 1. The van der Waals surface area contributed by atoms with Gasteiger partial charge in [0.25, 0.3) is 0 Å². The summed E-state index contributed by atoms with van der Waals surface area (Å²) in [5.41, 5.74) is 0. The number of hydrogen-bond donors (Lipinski definition) is 1. The van der Waals surface area contributed by atoms with Gasteiger partial charge in [-0.15, -0.1) is 11.3 Å². The normalized spacial score (nSPS) is 13.0. The molecule has 2 nitrogen and oxygen atoms in total. The molecular weight excluding hydrogens is 206 g/mol. The molecule has 0 amide bonds. The molecule has 1 N–H and O–H groups in total. The Morgan fingerprint density at radius 3 is 2.73 bits per heavy atom. The van der Waals surface area contributed by atoms with E-state index in [9.17, 15) is 0 Å². The maximum atomic E-state index is 5.68. The van der Waals surface area contributed by atoms with Gasteiger partial charge in [-0.25, -0.2) is 0 Å². The Labute approximate surface area is 96.7 Å². The van der Waals surface area contributed by atoms with Crippen molar-refractivity contribution in [3.05, 3.63) is 21.9 Å². The van der Waals surface area contributed by atoms with Crippen LogP contribution in [0.2, 0.25) is 0 Å². The standard InChI is InChI=1S/C12H21NOS/c1-4-10(3)14-9-12-7-6-11(15-12)8-13-5-2/h6-7,10,13H,4-5,8-9H2,1-3H3. The molecule has 0 aliphatic carbocycles. The van der Waals surface area contributed by atoms with Crippen molar-refractivity contribution < 1.29 is 4.74 Å². The first kappa shape index (κ1) is 12.7. The van der Waals surface area contributed by atoms with Crippen molar-refractivity contribution in [1.29, 1.82) is 0 Å². The highest BCUT2D eigenvalue weighted by molar-refractivity contribution is 7.11. The summed E-state index contributed by atoms with van der Waals surface area (Å²) in [5.74, 6) is 0. The van der Waals surface area contributed by atoms with Crippen LogP contribution >= 0.6 is 11.3 Å². The Morgan fingerprint density at radius 2 is 2.07 bits per heavy atom. The zero-order valence-corrected chi connectivity index (χ0v) is 10.7. The highest BCUT2D eigenvalue weighted by atomic mass is 32.1. The molecule has 0 aliphatic heterocycles. The fraction of sp³-hybridized carbons (Fsp3) is 0.667.